The third-order valence-corrected chi connectivity index (χ3v) is 8.91. The highest BCUT2D eigenvalue weighted by molar-refractivity contribution is 5.58. The monoisotopic (exact) mass is 529 g/mol. The summed E-state index contributed by atoms with van der Waals surface area (Å²) in [4.78, 5) is 8.49. The van der Waals surface area contributed by atoms with Gasteiger partial charge >= 0.3 is 0 Å². The van der Waals surface area contributed by atoms with E-state index in [4.69, 9.17) is 0 Å². The largest absolute Gasteiger partial charge is 0.362 e. The van der Waals surface area contributed by atoms with E-state index in [1.165, 1.54) is 92.1 Å². The minimum Gasteiger partial charge on any atom is -0.362 e. The van der Waals surface area contributed by atoms with Crippen molar-refractivity contribution in [1.82, 2.24) is 25.4 Å². The summed E-state index contributed by atoms with van der Waals surface area (Å²) in [6, 6.07) is 0. The predicted octanol–water partition coefficient (Wildman–Crippen LogP) is 6.85. The molecule has 0 bridgehead atoms. The lowest BCUT2D eigenvalue weighted by Crippen LogP contribution is -2.30. The predicted molar refractivity (Wildman–Crippen MR) is 167 cm³/mol. The van der Waals surface area contributed by atoms with Crippen LogP contribution in [0.15, 0.2) is 72.5 Å². The number of piperidine rings is 2. The maximum atomic E-state index is 4.14. The molecule has 4 rings (SSSR count). The first-order chi connectivity index (χ1) is 19.0. The minimum absolute atomic E-state index is 0.652. The Balaban J connectivity index is 1.51. The van der Waals surface area contributed by atoms with Gasteiger partial charge in [0.25, 0.3) is 0 Å². The average Bonchev–Trinajstić information content (AvgIpc) is 3.34. The normalized spacial score (nSPS) is 24.1. The molecule has 0 amide bonds. The van der Waals surface area contributed by atoms with Gasteiger partial charge in [-0.1, -0.05) is 32.2 Å². The summed E-state index contributed by atoms with van der Waals surface area (Å²) in [5.74, 6) is 1.48. The molecule has 212 valence electrons. The van der Waals surface area contributed by atoms with Crippen LogP contribution in [-0.4, -0.2) is 55.1 Å². The Morgan fingerprint density at radius 2 is 1.72 bits per heavy atom. The first-order valence-corrected chi connectivity index (χ1v) is 15.1. The van der Waals surface area contributed by atoms with E-state index in [2.05, 4.69) is 90.1 Å². The van der Waals surface area contributed by atoms with Gasteiger partial charge in [-0.25, -0.2) is 0 Å². The van der Waals surface area contributed by atoms with Crippen molar-refractivity contribution in [2.45, 2.75) is 70.6 Å². The van der Waals surface area contributed by atoms with E-state index in [0.29, 0.717) is 5.92 Å². The molecule has 1 aliphatic carbocycles. The Morgan fingerprint density at radius 3 is 2.38 bits per heavy atom. The third kappa shape index (κ3) is 8.12. The van der Waals surface area contributed by atoms with Crippen molar-refractivity contribution in [3.05, 3.63) is 89.3 Å². The number of aromatic nitrogens is 1. The number of hydrogen-bond acceptors (Lipinski definition) is 4. The van der Waals surface area contributed by atoms with Crippen LogP contribution in [0.25, 0.3) is 6.08 Å². The van der Waals surface area contributed by atoms with Crippen molar-refractivity contribution in [2.75, 3.05) is 40.3 Å². The van der Waals surface area contributed by atoms with Crippen LogP contribution in [0.5, 0.6) is 0 Å². The summed E-state index contributed by atoms with van der Waals surface area (Å²) in [5.41, 5.74) is 8.99. The van der Waals surface area contributed by atoms with Gasteiger partial charge in [0.1, 0.15) is 0 Å². The quantitative estimate of drug-likeness (QED) is 0.217. The number of H-pyrrole nitrogens is 1. The van der Waals surface area contributed by atoms with E-state index in [1.807, 2.05) is 12.3 Å². The Bertz CT molecular complexity index is 1080. The fourth-order valence-corrected chi connectivity index (χ4v) is 6.37. The molecule has 5 nitrogen and oxygen atoms in total. The number of nitrogens with one attached hydrogen (secondary N) is 3. The second-order valence-corrected chi connectivity index (χ2v) is 11.7. The molecule has 0 radical (unpaired) electrons. The highest BCUT2D eigenvalue weighted by atomic mass is 15.1. The fourth-order valence-electron chi connectivity index (χ4n) is 6.37. The summed E-state index contributed by atoms with van der Waals surface area (Å²) in [6.45, 7) is 15.2. The molecule has 0 aromatic carbocycles. The zero-order chi connectivity index (χ0) is 27.6. The van der Waals surface area contributed by atoms with E-state index < -0.39 is 0 Å². The smallest absolute Gasteiger partial charge is 0.0436 e. The molecule has 2 aliphatic heterocycles. The molecule has 0 spiro atoms. The van der Waals surface area contributed by atoms with Crippen LogP contribution in [0, 0.1) is 5.92 Å². The Labute approximate surface area is 237 Å². The van der Waals surface area contributed by atoms with Crippen LogP contribution in [0.3, 0.4) is 0 Å². The zero-order valence-corrected chi connectivity index (χ0v) is 24.7. The van der Waals surface area contributed by atoms with E-state index in [1.54, 1.807) is 0 Å². The first kappa shape index (κ1) is 29.2. The van der Waals surface area contributed by atoms with E-state index in [9.17, 15) is 0 Å². The van der Waals surface area contributed by atoms with Crippen molar-refractivity contribution < 1.29 is 0 Å². The molecule has 0 atom stereocenters. The van der Waals surface area contributed by atoms with Gasteiger partial charge in [-0.15, -0.1) is 0 Å². The lowest BCUT2D eigenvalue weighted by atomic mass is 9.87. The molecule has 1 aromatic rings. The number of aromatic amines is 1. The summed E-state index contributed by atoms with van der Waals surface area (Å²) in [7, 11) is 4.47. The van der Waals surface area contributed by atoms with Crippen molar-refractivity contribution >= 4 is 6.08 Å². The Hall–Kier alpha value is -2.76. The Kier molecular flexibility index (Phi) is 10.9. The summed E-state index contributed by atoms with van der Waals surface area (Å²) in [5, 5.41) is 7.16. The molecule has 3 aliphatic rings. The number of likely N-dealkylation sites (tertiary alicyclic amines) is 2. The number of allylic oxidation sites excluding steroid dienone is 5. The molecule has 3 heterocycles. The second kappa shape index (κ2) is 14.6. The van der Waals surface area contributed by atoms with E-state index in [0.717, 1.165) is 37.3 Å². The van der Waals surface area contributed by atoms with Crippen LogP contribution in [-0.2, 0) is 6.42 Å². The summed E-state index contributed by atoms with van der Waals surface area (Å²) >= 11 is 0. The molecule has 5 heteroatoms. The highest BCUT2D eigenvalue weighted by Crippen LogP contribution is 2.33. The lowest BCUT2D eigenvalue weighted by molar-refractivity contribution is 0.212. The van der Waals surface area contributed by atoms with Crippen molar-refractivity contribution in [3.63, 3.8) is 0 Å². The topological polar surface area (TPSA) is 46.3 Å². The molecule has 2 fully saturated rings. The zero-order valence-electron chi connectivity index (χ0n) is 24.7. The molecule has 2 saturated heterocycles. The molecular formula is C34H51N5. The average molecular weight is 530 g/mol. The molecule has 39 heavy (non-hydrogen) atoms. The SMILES string of the molecule is C=CNC1=C(\CCC2CCN(C)CC2)CC=CC/C(N/C(C=C)=C/c2[nH]cc(C3CCN(C)CC3)c2CC)=C\1. The number of hydrogen-bond donors (Lipinski definition) is 3. The maximum absolute atomic E-state index is 4.14. The van der Waals surface area contributed by atoms with E-state index in [-0.39, 0.29) is 0 Å². The van der Waals surface area contributed by atoms with E-state index >= 15 is 0 Å². The maximum Gasteiger partial charge on any atom is 0.0436 e. The molecule has 1 aromatic heterocycles. The fraction of sp³-hybridized carbons (Fsp3) is 0.529. The van der Waals surface area contributed by atoms with Crippen LogP contribution >= 0.6 is 0 Å². The van der Waals surface area contributed by atoms with Gasteiger partial charge < -0.3 is 25.4 Å². The van der Waals surface area contributed by atoms with Crippen LogP contribution in [0.1, 0.15) is 81.0 Å². The molecule has 3 N–H and O–H groups in total. The number of rotatable bonds is 11. The van der Waals surface area contributed by atoms with Gasteiger partial charge in [-0.05, 0) is 145 Å². The number of nitrogens with zero attached hydrogens (tertiary/aromatic N) is 2. The van der Waals surface area contributed by atoms with Gasteiger partial charge in [0.05, 0.1) is 0 Å². The molecule has 0 saturated carbocycles. The van der Waals surface area contributed by atoms with Gasteiger partial charge in [0, 0.05) is 35.4 Å². The van der Waals surface area contributed by atoms with Crippen LogP contribution in [0.4, 0.5) is 0 Å². The van der Waals surface area contributed by atoms with Crippen molar-refractivity contribution in [3.8, 4) is 0 Å². The highest BCUT2D eigenvalue weighted by Gasteiger charge is 2.23. The van der Waals surface area contributed by atoms with Gasteiger partial charge in [0.15, 0.2) is 0 Å². The molecular weight excluding hydrogens is 478 g/mol. The van der Waals surface area contributed by atoms with Crippen molar-refractivity contribution in [2.24, 2.45) is 5.92 Å². The standard InChI is InChI=1S/C34H51N5/c1-6-29(23-34-31(7-2)32(25-36-34)27-17-21-39(5)22-18-27)37-30-12-10-9-11-28(33(24-30)35-8-3)14-13-26-15-19-38(4)20-16-26/h6,8-10,23-27,35-37H,1,3,7,11-22H2,2,4-5H3/b10-9?,29-23+,30-24+,33-28-. The van der Waals surface area contributed by atoms with Gasteiger partial charge in [-0.2, -0.15) is 0 Å². The van der Waals surface area contributed by atoms with Crippen LogP contribution in [0.2, 0.25) is 0 Å². The first-order valence-electron chi connectivity index (χ1n) is 15.1. The summed E-state index contributed by atoms with van der Waals surface area (Å²) in [6.07, 6.45) is 25.5. The lowest BCUT2D eigenvalue weighted by Gasteiger charge is -2.29. The van der Waals surface area contributed by atoms with Gasteiger partial charge in [0.2, 0.25) is 0 Å². The summed E-state index contributed by atoms with van der Waals surface area (Å²) < 4.78 is 0. The van der Waals surface area contributed by atoms with Gasteiger partial charge in [-0.3, -0.25) is 0 Å². The molecule has 0 unspecified atom stereocenters. The van der Waals surface area contributed by atoms with Crippen molar-refractivity contribution in [1.29, 1.82) is 0 Å². The Morgan fingerprint density at radius 1 is 1.03 bits per heavy atom. The van der Waals surface area contributed by atoms with Crippen LogP contribution < -0.4 is 10.6 Å². The third-order valence-electron chi connectivity index (χ3n) is 8.91. The minimum atomic E-state index is 0.652. The second-order valence-electron chi connectivity index (χ2n) is 11.7.